The van der Waals surface area contributed by atoms with E-state index >= 15 is 0 Å². The van der Waals surface area contributed by atoms with Gasteiger partial charge in [-0.15, -0.1) is 11.3 Å². The lowest BCUT2D eigenvalue weighted by Gasteiger charge is -2.28. The van der Waals surface area contributed by atoms with Crippen LogP contribution < -0.4 is 5.32 Å². The zero-order valence-electron chi connectivity index (χ0n) is 13.5. The van der Waals surface area contributed by atoms with Crippen molar-refractivity contribution in [1.29, 1.82) is 0 Å². The highest BCUT2D eigenvalue weighted by molar-refractivity contribution is 7.17. The van der Waals surface area contributed by atoms with E-state index in [0.717, 1.165) is 15.6 Å². The molecule has 0 atom stereocenters. The molecule has 0 radical (unpaired) electrons. The SMILES string of the molecule is CCOC(=O)C(Cc1csc2ccccc12)(NC=O)C(=O)OCC. The number of hydrogen-bond acceptors (Lipinski definition) is 6. The lowest BCUT2D eigenvalue weighted by molar-refractivity contribution is -0.167. The van der Waals surface area contributed by atoms with Gasteiger partial charge in [-0.1, -0.05) is 18.2 Å². The largest absolute Gasteiger partial charge is 0.464 e. The first-order chi connectivity index (χ1) is 11.6. The van der Waals surface area contributed by atoms with Crippen LogP contribution in [-0.2, 0) is 30.3 Å². The molecule has 0 saturated heterocycles. The number of carbonyl (C=O) groups excluding carboxylic acids is 3. The van der Waals surface area contributed by atoms with E-state index < -0.39 is 17.5 Å². The molecule has 128 valence electrons. The molecule has 7 heteroatoms. The Balaban J connectivity index is 2.49. The first kappa shape index (κ1) is 17.9. The number of nitrogens with one attached hydrogen (secondary N) is 1. The Kier molecular flexibility index (Phi) is 5.92. The van der Waals surface area contributed by atoms with Crippen LogP contribution in [0.4, 0.5) is 0 Å². The molecule has 1 heterocycles. The predicted octanol–water partition coefficient (Wildman–Crippen LogP) is 2.05. The molecular weight excluding hydrogens is 330 g/mol. The van der Waals surface area contributed by atoms with Crippen LogP contribution >= 0.6 is 11.3 Å². The molecular formula is C17H19NO5S. The second-order valence-corrected chi connectivity index (χ2v) is 5.95. The van der Waals surface area contributed by atoms with Crippen LogP contribution in [-0.4, -0.2) is 37.1 Å². The third-order valence-corrected chi connectivity index (χ3v) is 4.58. The fraction of sp³-hybridized carbons (Fsp3) is 0.353. The Hall–Kier alpha value is -2.41. The molecule has 0 saturated carbocycles. The summed E-state index contributed by atoms with van der Waals surface area (Å²) in [5.74, 6) is -1.66. The molecule has 1 N–H and O–H groups in total. The number of fused-ring (bicyclic) bond motifs is 1. The van der Waals surface area contributed by atoms with Gasteiger partial charge in [-0.2, -0.15) is 0 Å². The molecule has 2 aromatic rings. The maximum Gasteiger partial charge on any atom is 0.344 e. The van der Waals surface area contributed by atoms with Gasteiger partial charge in [-0.25, -0.2) is 9.59 Å². The van der Waals surface area contributed by atoms with Gasteiger partial charge < -0.3 is 14.8 Å². The van der Waals surface area contributed by atoms with Gasteiger partial charge in [0.25, 0.3) is 0 Å². The highest BCUT2D eigenvalue weighted by Crippen LogP contribution is 2.29. The van der Waals surface area contributed by atoms with Crippen LogP contribution in [0.5, 0.6) is 0 Å². The number of amides is 1. The number of benzene rings is 1. The molecule has 6 nitrogen and oxygen atoms in total. The van der Waals surface area contributed by atoms with Crippen molar-refractivity contribution in [2.75, 3.05) is 13.2 Å². The summed E-state index contributed by atoms with van der Waals surface area (Å²) >= 11 is 1.50. The molecule has 1 amide bonds. The van der Waals surface area contributed by atoms with Gasteiger partial charge in [-0.3, -0.25) is 4.79 Å². The molecule has 2 rings (SSSR count). The van der Waals surface area contributed by atoms with Gasteiger partial charge in [-0.05, 0) is 36.2 Å². The first-order valence-electron chi connectivity index (χ1n) is 7.60. The Labute approximate surface area is 143 Å². The molecule has 0 fully saturated rings. The predicted molar refractivity (Wildman–Crippen MR) is 90.7 cm³/mol. The van der Waals surface area contributed by atoms with E-state index in [9.17, 15) is 14.4 Å². The summed E-state index contributed by atoms with van der Waals surface area (Å²) < 4.78 is 11.1. The van der Waals surface area contributed by atoms with Crippen LogP contribution in [0.3, 0.4) is 0 Å². The number of hydrogen-bond donors (Lipinski definition) is 1. The zero-order valence-corrected chi connectivity index (χ0v) is 14.4. The number of esters is 2. The average Bonchev–Trinajstić information content (AvgIpc) is 2.98. The summed E-state index contributed by atoms with van der Waals surface area (Å²) in [4.78, 5) is 36.1. The van der Waals surface area contributed by atoms with Gasteiger partial charge in [0.2, 0.25) is 11.9 Å². The van der Waals surface area contributed by atoms with E-state index in [1.54, 1.807) is 13.8 Å². The smallest absolute Gasteiger partial charge is 0.344 e. The third-order valence-electron chi connectivity index (χ3n) is 3.57. The topological polar surface area (TPSA) is 81.7 Å². The van der Waals surface area contributed by atoms with Crippen molar-refractivity contribution in [3.8, 4) is 0 Å². The molecule has 1 aromatic heterocycles. The number of rotatable bonds is 8. The Morgan fingerprint density at radius 3 is 2.38 bits per heavy atom. The Bertz CT molecular complexity index is 721. The Morgan fingerprint density at radius 1 is 1.17 bits per heavy atom. The van der Waals surface area contributed by atoms with Gasteiger partial charge >= 0.3 is 11.9 Å². The summed E-state index contributed by atoms with van der Waals surface area (Å²) in [6.45, 7) is 3.44. The quantitative estimate of drug-likeness (QED) is 0.448. The van der Waals surface area contributed by atoms with E-state index in [-0.39, 0.29) is 19.6 Å². The zero-order chi connectivity index (χ0) is 17.6. The van der Waals surface area contributed by atoms with Crippen LogP contribution in [0.15, 0.2) is 29.6 Å². The number of thiophene rings is 1. The molecule has 1 aromatic carbocycles. The van der Waals surface area contributed by atoms with Crippen molar-refractivity contribution < 1.29 is 23.9 Å². The van der Waals surface area contributed by atoms with Gasteiger partial charge in [0.15, 0.2) is 0 Å². The number of ether oxygens (including phenoxy) is 2. The molecule has 0 bridgehead atoms. The fourth-order valence-electron chi connectivity index (χ4n) is 2.46. The normalized spacial score (nSPS) is 11.1. The third kappa shape index (κ3) is 3.41. The molecule has 0 aliphatic heterocycles. The lowest BCUT2D eigenvalue weighted by atomic mass is 9.90. The molecule has 0 spiro atoms. The van der Waals surface area contributed by atoms with Gasteiger partial charge in [0.05, 0.1) is 13.2 Å². The number of carbonyl (C=O) groups is 3. The minimum Gasteiger partial charge on any atom is -0.464 e. The van der Waals surface area contributed by atoms with Crippen LogP contribution in [0.25, 0.3) is 10.1 Å². The second-order valence-electron chi connectivity index (χ2n) is 5.04. The minimum atomic E-state index is -1.89. The van der Waals surface area contributed by atoms with Crippen molar-refractivity contribution >= 4 is 39.8 Å². The second kappa shape index (κ2) is 7.92. The standard InChI is InChI=1S/C17H19NO5S/c1-3-22-15(20)17(18-11-19,16(21)23-4-2)9-12-10-24-14-8-6-5-7-13(12)14/h5-8,10-11H,3-4,9H2,1-2H3,(H,18,19). The molecule has 0 aliphatic rings. The van der Waals surface area contributed by atoms with Crippen LogP contribution in [0, 0.1) is 0 Å². The van der Waals surface area contributed by atoms with E-state index in [4.69, 9.17) is 9.47 Å². The van der Waals surface area contributed by atoms with Crippen LogP contribution in [0.2, 0.25) is 0 Å². The lowest BCUT2D eigenvalue weighted by Crippen LogP contribution is -2.60. The summed E-state index contributed by atoms with van der Waals surface area (Å²) in [5.41, 5.74) is -1.12. The van der Waals surface area contributed by atoms with Gasteiger partial charge in [0, 0.05) is 11.1 Å². The highest BCUT2D eigenvalue weighted by atomic mass is 32.1. The summed E-state index contributed by atoms with van der Waals surface area (Å²) in [6, 6.07) is 7.65. The van der Waals surface area contributed by atoms with Gasteiger partial charge in [0.1, 0.15) is 0 Å². The summed E-state index contributed by atoms with van der Waals surface area (Å²) in [6.07, 6.45) is 0.288. The van der Waals surface area contributed by atoms with Crippen molar-refractivity contribution in [3.05, 3.63) is 35.2 Å². The summed E-state index contributed by atoms with van der Waals surface area (Å²) in [7, 11) is 0. The van der Waals surface area contributed by atoms with E-state index in [1.165, 1.54) is 11.3 Å². The van der Waals surface area contributed by atoms with E-state index in [1.807, 2.05) is 29.6 Å². The monoisotopic (exact) mass is 349 g/mol. The molecule has 0 unspecified atom stereocenters. The van der Waals surface area contributed by atoms with Crippen molar-refractivity contribution in [1.82, 2.24) is 5.32 Å². The van der Waals surface area contributed by atoms with Crippen molar-refractivity contribution in [2.24, 2.45) is 0 Å². The van der Waals surface area contributed by atoms with E-state index in [0.29, 0.717) is 6.41 Å². The van der Waals surface area contributed by atoms with Crippen molar-refractivity contribution in [3.63, 3.8) is 0 Å². The Morgan fingerprint density at radius 2 is 1.79 bits per heavy atom. The van der Waals surface area contributed by atoms with Crippen molar-refractivity contribution in [2.45, 2.75) is 25.8 Å². The maximum atomic E-state index is 12.5. The van der Waals surface area contributed by atoms with E-state index in [2.05, 4.69) is 5.32 Å². The van der Waals surface area contributed by atoms with Crippen LogP contribution in [0.1, 0.15) is 19.4 Å². The average molecular weight is 349 g/mol. The summed E-state index contributed by atoms with van der Waals surface area (Å²) in [5, 5.41) is 5.13. The molecule has 0 aliphatic carbocycles. The molecule has 24 heavy (non-hydrogen) atoms. The first-order valence-corrected chi connectivity index (χ1v) is 8.48. The maximum absolute atomic E-state index is 12.5. The minimum absolute atomic E-state index is 0.0343. The fourth-order valence-corrected chi connectivity index (χ4v) is 3.42. The highest BCUT2D eigenvalue weighted by Gasteiger charge is 2.49.